The summed E-state index contributed by atoms with van der Waals surface area (Å²) in [6.45, 7) is 0. The first-order chi connectivity index (χ1) is 8.22. The van der Waals surface area contributed by atoms with Gasteiger partial charge < -0.3 is 0 Å². The van der Waals surface area contributed by atoms with Crippen molar-refractivity contribution in [3.63, 3.8) is 0 Å². The molecule has 0 spiro atoms. The van der Waals surface area contributed by atoms with E-state index in [2.05, 4.69) is 15.0 Å². The summed E-state index contributed by atoms with van der Waals surface area (Å²) in [5.41, 5.74) is 1.70. The maximum absolute atomic E-state index is 6.00. The number of pyridine rings is 1. The molecule has 1 aliphatic rings. The van der Waals surface area contributed by atoms with Gasteiger partial charge in [0.15, 0.2) is 5.82 Å². The van der Waals surface area contributed by atoms with Crippen molar-refractivity contribution < 1.29 is 0 Å². The van der Waals surface area contributed by atoms with E-state index in [9.17, 15) is 0 Å². The minimum absolute atomic E-state index is 0.466. The maximum atomic E-state index is 6.00. The molecule has 0 unspecified atom stereocenters. The van der Waals surface area contributed by atoms with Crippen molar-refractivity contribution >= 4 is 23.2 Å². The van der Waals surface area contributed by atoms with Gasteiger partial charge in [0, 0.05) is 17.8 Å². The lowest BCUT2D eigenvalue weighted by Crippen LogP contribution is -1.96. The second kappa shape index (κ2) is 4.24. The van der Waals surface area contributed by atoms with Gasteiger partial charge in [0.05, 0.1) is 5.02 Å². The quantitative estimate of drug-likeness (QED) is 0.777. The Morgan fingerprint density at radius 3 is 2.59 bits per heavy atom. The third-order valence-electron chi connectivity index (χ3n) is 2.67. The molecule has 1 fully saturated rings. The molecule has 17 heavy (non-hydrogen) atoms. The van der Waals surface area contributed by atoms with Crippen molar-refractivity contribution in [2.24, 2.45) is 0 Å². The van der Waals surface area contributed by atoms with Crippen molar-refractivity contribution in [1.29, 1.82) is 0 Å². The van der Waals surface area contributed by atoms with Crippen LogP contribution in [0.4, 0.5) is 0 Å². The summed E-state index contributed by atoms with van der Waals surface area (Å²) in [7, 11) is 0. The molecule has 2 aromatic rings. The zero-order valence-electron chi connectivity index (χ0n) is 8.90. The van der Waals surface area contributed by atoms with Crippen LogP contribution in [-0.4, -0.2) is 15.0 Å². The maximum Gasteiger partial charge on any atom is 0.179 e. The molecule has 5 heteroatoms. The second-order valence-electron chi connectivity index (χ2n) is 4.08. The summed E-state index contributed by atoms with van der Waals surface area (Å²) in [6.07, 6.45) is 3.94. The van der Waals surface area contributed by atoms with E-state index in [1.54, 1.807) is 18.3 Å². The highest BCUT2D eigenvalue weighted by Gasteiger charge is 2.26. The van der Waals surface area contributed by atoms with Gasteiger partial charge in [-0.2, -0.15) is 0 Å². The molecule has 1 saturated carbocycles. The third-order valence-corrected chi connectivity index (χ3v) is 3.08. The van der Waals surface area contributed by atoms with E-state index < -0.39 is 0 Å². The van der Waals surface area contributed by atoms with Crippen LogP contribution in [0.15, 0.2) is 24.4 Å². The van der Waals surface area contributed by atoms with E-state index in [1.807, 2.05) is 6.07 Å². The van der Waals surface area contributed by atoms with Gasteiger partial charge in [0.25, 0.3) is 0 Å². The first kappa shape index (κ1) is 10.9. The fourth-order valence-corrected chi connectivity index (χ4v) is 1.95. The van der Waals surface area contributed by atoms with Crippen LogP contribution in [0.25, 0.3) is 11.5 Å². The van der Waals surface area contributed by atoms with E-state index in [0.717, 1.165) is 5.69 Å². The van der Waals surface area contributed by atoms with Crippen LogP contribution < -0.4 is 0 Å². The van der Waals surface area contributed by atoms with Crippen LogP contribution in [0.2, 0.25) is 10.2 Å². The summed E-state index contributed by atoms with van der Waals surface area (Å²) in [5, 5.41) is 1.06. The van der Waals surface area contributed by atoms with Gasteiger partial charge in [0.2, 0.25) is 0 Å². The standard InChI is InChI=1S/C12H9Cl2N3/c13-8-3-4-9(15-6-8)12-16-10(7-1-2-7)5-11(14)17-12/h3-7H,1-2H2. The fraction of sp³-hybridized carbons (Fsp3) is 0.250. The van der Waals surface area contributed by atoms with Crippen molar-refractivity contribution in [2.75, 3.05) is 0 Å². The Kier molecular flexibility index (Phi) is 2.73. The van der Waals surface area contributed by atoms with E-state index in [4.69, 9.17) is 23.2 Å². The smallest absolute Gasteiger partial charge is 0.179 e. The van der Waals surface area contributed by atoms with Gasteiger partial charge in [-0.3, -0.25) is 4.98 Å². The van der Waals surface area contributed by atoms with Gasteiger partial charge in [-0.25, -0.2) is 9.97 Å². The molecule has 2 heterocycles. The van der Waals surface area contributed by atoms with Gasteiger partial charge in [-0.15, -0.1) is 0 Å². The summed E-state index contributed by atoms with van der Waals surface area (Å²) in [6, 6.07) is 5.40. The zero-order chi connectivity index (χ0) is 11.8. The molecule has 3 rings (SSSR count). The zero-order valence-corrected chi connectivity index (χ0v) is 10.4. The Hall–Kier alpha value is -1.19. The van der Waals surface area contributed by atoms with Gasteiger partial charge in [-0.1, -0.05) is 23.2 Å². The number of hydrogen-bond acceptors (Lipinski definition) is 3. The van der Waals surface area contributed by atoms with Crippen LogP contribution >= 0.6 is 23.2 Å². The Balaban J connectivity index is 2.04. The van der Waals surface area contributed by atoms with Crippen LogP contribution in [0.3, 0.4) is 0 Å². The highest BCUT2D eigenvalue weighted by molar-refractivity contribution is 6.30. The van der Waals surface area contributed by atoms with Crippen molar-refractivity contribution in [2.45, 2.75) is 18.8 Å². The first-order valence-electron chi connectivity index (χ1n) is 5.39. The van der Waals surface area contributed by atoms with E-state index in [1.165, 1.54) is 12.8 Å². The summed E-state index contributed by atoms with van der Waals surface area (Å²) in [4.78, 5) is 12.9. The third kappa shape index (κ3) is 2.40. The lowest BCUT2D eigenvalue weighted by molar-refractivity contribution is 0.987. The summed E-state index contributed by atoms with van der Waals surface area (Å²) >= 11 is 11.8. The van der Waals surface area contributed by atoms with E-state index in [-0.39, 0.29) is 0 Å². The number of nitrogens with zero attached hydrogens (tertiary/aromatic N) is 3. The summed E-state index contributed by atoms with van der Waals surface area (Å²) < 4.78 is 0. The predicted molar refractivity (Wildman–Crippen MR) is 67.3 cm³/mol. The second-order valence-corrected chi connectivity index (χ2v) is 4.90. The molecule has 0 amide bonds. The molecular formula is C12H9Cl2N3. The molecule has 0 aliphatic heterocycles. The number of rotatable bonds is 2. The normalized spacial score (nSPS) is 14.9. The largest absolute Gasteiger partial charge is 0.251 e. The van der Waals surface area contributed by atoms with Crippen LogP contribution in [0, 0.1) is 0 Å². The molecule has 86 valence electrons. The Labute approximate surface area is 109 Å². The van der Waals surface area contributed by atoms with Gasteiger partial charge >= 0.3 is 0 Å². The Morgan fingerprint density at radius 1 is 1.12 bits per heavy atom. The first-order valence-corrected chi connectivity index (χ1v) is 6.14. The van der Waals surface area contributed by atoms with Crippen LogP contribution in [0.1, 0.15) is 24.5 Å². The highest BCUT2D eigenvalue weighted by atomic mass is 35.5. The lowest BCUT2D eigenvalue weighted by Gasteiger charge is -2.03. The van der Waals surface area contributed by atoms with Crippen LogP contribution in [0.5, 0.6) is 0 Å². The molecule has 1 aliphatic carbocycles. The molecule has 0 atom stereocenters. The summed E-state index contributed by atoms with van der Waals surface area (Å²) in [5.74, 6) is 1.11. The average molecular weight is 266 g/mol. The fourth-order valence-electron chi connectivity index (χ4n) is 1.65. The van der Waals surface area contributed by atoms with Crippen molar-refractivity contribution in [3.8, 4) is 11.5 Å². The molecule has 2 aromatic heterocycles. The van der Waals surface area contributed by atoms with Gasteiger partial charge in [0.1, 0.15) is 10.8 Å². The Bertz CT molecular complexity index is 550. The highest BCUT2D eigenvalue weighted by Crippen LogP contribution is 2.39. The average Bonchev–Trinajstić information content (AvgIpc) is 3.13. The molecule has 0 radical (unpaired) electrons. The van der Waals surface area contributed by atoms with E-state index >= 15 is 0 Å². The number of halogens is 2. The minimum Gasteiger partial charge on any atom is -0.251 e. The SMILES string of the molecule is Clc1ccc(-c2nc(Cl)cc(C3CC3)n2)nc1. The molecule has 3 nitrogen and oxygen atoms in total. The molecule has 0 saturated heterocycles. The van der Waals surface area contributed by atoms with E-state index in [0.29, 0.717) is 27.6 Å². The number of aromatic nitrogens is 3. The molecular weight excluding hydrogens is 257 g/mol. The molecule has 0 N–H and O–H groups in total. The topological polar surface area (TPSA) is 38.7 Å². The van der Waals surface area contributed by atoms with Crippen LogP contribution in [-0.2, 0) is 0 Å². The predicted octanol–water partition coefficient (Wildman–Crippen LogP) is 3.72. The van der Waals surface area contributed by atoms with Crippen molar-refractivity contribution in [3.05, 3.63) is 40.3 Å². The lowest BCUT2D eigenvalue weighted by atomic mass is 10.2. The number of hydrogen-bond donors (Lipinski definition) is 0. The monoisotopic (exact) mass is 265 g/mol. The molecule has 0 bridgehead atoms. The van der Waals surface area contributed by atoms with Gasteiger partial charge in [-0.05, 0) is 31.0 Å². The van der Waals surface area contributed by atoms with Crippen molar-refractivity contribution in [1.82, 2.24) is 15.0 Å². The Morgan fingerprint density at radius 2 is 1.94 bits per heavy atom. The molecule has 0 aromatic carbocycles. The minimum atomic E-state index is 0.466.